The molecule has 9 heteroatoms. The van der Waals surface area contributed by atoms with Gasteiger partial charge in [0.15, 0.2) is 4.90 Å². The number of hydrogen-bond acceptors (Lipinski definition) is 5. The number of nitrogens with zero attached hydrogens (tertiary/aromatic N) is 2. The van der Waals surface area contributed by atoms with Gasteiger partial charge in [0.25, 0.3) is 5.69 Å². The van der Waals surface area contributed by atoms with Gasteiger partial charge in [-0.15, -0.1) is 0 Å². The van der Waals surface area contributed by atoms with Crippen LogP contribution in [0.1, 0.15) is 12.8 Å². The van der Waals surface area contributed by atoms with Gasteiger partial charge < -0.3 is 5.73 Å². The van der Waals surface area contributed by atoms with E-state index in [1.165, 1.54) is 0 Å². The van der Waals surface area contributed by atoms with Crippen molar-refractivity contribution in [1.82, 2.24) is 4.31 Å². The highest BCUT2D eigenvalue weighted by Gasteiger charge is 2.34. The summed E-state index contributed by atoms with van der Waals surface area (Å²) in [5, 5.41) is 10.9. The van der Waals surface area contributed by atoms with Crippen molar-refractivity contribution in [3.8, 4) is 0 Å². The molecule has 110 valence electrons. The average molecular weight is 303 g/mol. The molecule has 7 nitrogen and oxygen atoms in total. The molecule has 1 aromatic carbocycles. The monoisotopic (exact) mass is 303 g/mol. The highest BCUT2D eigenvalue weighted by Crippen LogP contribution is 2.28. The lowest BCUT2D eigenvalue weighted by atomic mass is 10.1. The van der Waals surface area contributed by atoms with Gasteiger partial charge in [-0.05, 0) is 25.0 Å². The van der Waals surface area contributed by atoms with Crippen LogP contribution in [-0.4, -0.2) is 36.8 Å². The minimum Gasteiger partial charge on any atom is -0.327 e. The maximum atomic E-state index is 13.1. The van der Waals surface area contributed by atoms with Crippen LogP contribution in [0.25, 0.3) is 0 Å². The topological polar surface area (TPSA) is 107 Å². The molecule has 1 fully saturated rings. The maximum absolute atomic E-state index is 13.1. The lowest BCUT2D eigenvalue weighted by Crippen LogP contribution is -2.45. The van der Waals surface area contributed by atoms with Gasteiger partial charge in [0.05, 0.1) is 11.0 Å². The first-order chi connectivity index (χ1) is 9.32. The standard InChI is InChI=1S/C11H14FN3O4S/c12-8-3-4-11(10(6-8)15(16)17)20(18,19)14-5-1-2-9(13)7-14/h3-4,6,9H,1-2,5,7,13H2. The number of hydrogen-bond donors (Lipinski definition) is 1. The number of nitro groups is 1. The first kappa shape index (κ1) is 14.8. The molecule has 0 bridgehead atoms. The van der Waals surface area contributed by atoms with Crippen molar-refractivity contribution in [2.75, 3.05) is 13.1 Å². The van der Waals surface area contributed by atoms with E-state index in [1.807, 2.05) is 0 Å². The summed E-state index contributed by atoms with van der Waals surface area (Å²) in [6, 6.07) is 2.13. The zero-order valence-corrected chi connectivity index (χ0v) is 11.3. The van der Waals surface area contributed by atoms with Gasteiger partial charge in [0.2, 0.25) is 10.0 Å². The lowest BCUT2D eigenvalue weighted by Gasteiger charge is -2.29. The molecule has 0 saturated carbocycles. The number of halogens is 1. The average Bonchev–Trinajstić information content (AvgIpc) is 2.38. The lowest BCUT2D eigenvalue weighted by molar-refractivity contribution is -0.388. The second-order valence-corrected chi connectivity index (χ2v) is 6.54. The number of sulfonamides is 1. The Labute approximate surface area is 115 Å². The van der Waals surface area contributed by atoms with Gasteiger partial charge in [0.1, 0.15) is 5.82 Å². The van der Waals surface area contributed by atoms with Crippen LogP contribution in [0.4, 0.5) is 10.1 Å². The van der Waals surface area contributed by atoms with E-state index in [0.29, 0.717) is 18.9 Å². The number of nitro benzene ring substituents is 1. The van der Waals surface area contributed by atoms with Crippen LogP contribution in [0.5, 0.6) is 0 Å². The van der Waals surface area contributed by atoms with E-state index < -0.39 is 31.3 Å². The molecular weight excluding hydrogens is 289 g/mol. The van der Waals surface area contributed by atoms with Crippen molar-refractivity contribution < 1.29 is 17.7 Å². The third-order valence-corrected chi connectivity index (χ3v) is 5.07. The van der Waals surface area contributed by atoms with E-state index >= 15 is 0 Å². The molecule has 1 aliphatic rings. The van der Waals surface area contributed by atoms with Gasteiger partial charge in [-0.2, -0.15) is 4.31 Å². The predicted octanol–water partition coefficient (Wildman–Crippen LogP) is 0.846. The molecule has 0 amide bonds. The number of benzene rings is 1. The Morgan fingerprint density at radius 1 is 1.45 bits per heavy atom. The van der Waals surface area contributed by atoms with Crippen LogP contribution in [0.15, 0.2) is 23.1 Å². The Hall–Kier alpha value is -1.58. The van der Waals surface area contributed by atoms with Crippen molar-refractivity contribution in [1.29, 1.82) is 0 Å². The van der Waals surface area contributed by atoms with E-state index in [-0.39, 0.29) is 19.1 Å². The van der Waals surface area contributed by atoms with Crippen LogP contribution >= 0.6 is 0 Å². The van der Waals surface area contributed by atoms with E-state index in [9.17, 15) is 22.9 Å². The van der Waals surface area contributed by atoms with Gasteiger partial charge in [-0.3, -0.25) is 10.1 Å². The molecule has 0 aliphatic carbocycles. The molecule has 2 N–H and O–H groups in total. The summed E-state index contributed by atoms with van der Waals surface area (Å²) in [5.41, 5.74) is 4.96. The Morgan fingerprint density at radius 3 is 2.75 bits per heavy atom. The van der Waals surface area contributed by atoms with Crippen molar-refractivity contribution in [2.24, 2.45) is 5.73 Å². The molecule has 1 heterocycles. The second-order valence-electron chi connectivity index (χ2n) is 4.63. The summed E-state index contributed by atoms with van der Waals surface area (Å²) in [6.07, 6.45) is 1.30. The van der Waals surface area contributed by atoms with Crippen LogP contribution in [-0.2, 0) is 10.0 Å². The molecule has 1 unspecified atom stereocenters. The first-order valence-electron chi connectivity index (χ1n) is 6.02. The Balaban J connectivity index is 2.46. The van der Waals surface area contributed by atoms with Crippen LogP contribution in [0.2, 0.25) is 0 Å². The van der Waals surface area contributed by atoms with Crippen molar-refractivity contribution >= 4 is 15.7 Å². The summed E-state index contributed by atoms with van der Waals surface area (Å²) >= 11 is 0. The molecule has 1 aromatic rings. The van der Waals surface area contributed by atoms with Crippen molar-refractivity contribution in [3.63, 3.8) is 0 Å². The minimum absolute atomic E-state index is 0.108. The summed E-state index contributed by atoms with van der Waals surface area (Å²) in [5.74, 6) is -0.856. The van der Waals surface area contributed by atoms with Gasteiger partial charge in [0, 0.05) is 19.1 Å². The fraction of sp³-hybridized carbons (Fsp3) is 0.455. The van der Waals surface area contributed by atoms with E-state index in [4.69, 9.17) is 5.73 Å². The second kappa shape index (κ2) is 5.43. The van der Waals surface area contributed by atoms with E-state index in [1.54, 1.807) is 0 Å². The van der Waals surface area contributed by atoms with Crippen molar-refractivity contribution in [2.45, 2.75) is 23.8 Å². The molecule has 2 rings (SSSR count). The third kappa shape index (κ3) is 2.79. The third-order valence-electron chi connectivity index (χ3n) is 3.16. The molecule has 1 saturated heterocycles. The zero-order valence-electron chi connectivity index (χ0n) is 10.5. The summed E-state index contributed by atoms with van der Waals surface area (Å²) in [4.78, 5) is 9.49. The largest absolute Gasteiger partial charge is 0.327 e. The quantitative estimate of drug-likeness (QED) is 0.658. The van der Waals surface area contributed by atoms with Gasteiger partial charge >= 0.3 is 0 Å². The number of nitrogens with two attached hydrogens (primary N) is 1. The Kier molecular flexibility index (Phi) is 4.02. The molecule has 0 spiro atoms. The first-order valence-corrected chi connectivity index (χ1v) is 7.46. The maximum Gasteiger partial charge on any atom is 0.292 e. The normalized spacial score (nSPS) is 20.8. The fourth-order valence-corrected chi connectivity index (χ4v) is 3.86. The number of piperidine rings is 1. The summed E-state index contributed by atoms with van der Waals surface area (Å²) in [7, 11) is -4.04. The molecule has 0 aromatic heterocycles. The highest BCUT2D eigenvalue weighted by atomic mass is 32.2. The smallest absolute Gasteiger partial charge is 0.292 e. The highest BCUT2D eigenvalue weighted by molar-refractivity contribution is 7.89. The van der Waals surface area contributed by atoms with Crippen LogP contribution in [0, 0.1) is 15.9 Å². The van der Waals surface area contributed by atoms with Crippen molar-refractivity contribution in [3.05, 3.63) is 34.1 Å². The molecule has 20 heavy (non-hydrogen) atoms. The molecule has 1 aliphatic heterocycles. The number of rotatable bonds is 3. The van der Waals surface area contributed by atoms with Gasteiger partial charge in [-0.25, -0.2) is 12.8 Å². The Bertz CT molecular complexity index is 635. The Morgan fingerprint density at radius 2 is 2.15 bits per heavy atom. The summed E-state index contributed by atoms with van der Waals surface area (Å²) in [6.45, 7) is 0.363. The van der Waals surface area contributed by atoms with E-state index in [0.717, 1.165) is 16.4 Å². The molecular formula is C11H14FN3O4S. The SMILES string of the molecule is NC1CCCN(S(=O)(=O)c2ccc(F)cc2[N+](=O)[O-])C1. The van der Waals surface area contributed by atoms with Gasteiger partial charge in [-0.1, -0.05) is 0 Å². The van der Waals surface area contributed by atoms with Crippen LogP contribution < -0.4 is 5.73 Å². The minimum atomic E-state index is -4.04. The fourth-order valence-electron chi connectivity index (χ4n) is 2.18. The van der Waals surface area contributed by atoms with Crippen LogP contribution in [0.3, 0.4) is 0 Å². The summed E-state index contributed by atoms with van der Waals surface area (Å²) < 4.78 is 39.0. The molecule has 0 radical (unpaired) electrons. The van der Waals surface area contributed by atoms with E-state index in [2.05, 4.69) is 0 Å². The molecule has 1 atom stereocenters. The zero-order chi connectivity index (χ0) is 14.9. The predicted molar refractivity (Wildman–Crippen MR) is 69.0 cm³/mol.